The van der Waals surface area contributed by atoms with Gasteiger partial charge < -0.3 is 0 Å². The maximum atomic E-state index is 11.7. The first-order valence-electron chi connectivity index (χ1n) is 5.68. The Labute approximate surface area is 106 Å². The van der Waals surface area contributed by atoms with Gasteiger partial charge in [0, 0.05) is 13.2 Å². The van der Waals surface area contributed by atoms with Crippen LogP contribution in [0.3, 0.4) is 0 Å². The summed E-state index contributed by atoms with van der Waals surface area (Å²) in [5.41, 5.74) is 1.71. The number of benzene rings is 1. The van der Waals surface area contributed by atoms with Gasteiger partial charge in [0.2, 0.25) is 0 Å². The van der Waals surface area contributed by atoms with Gasteiger partial charge in [-0.15, -0.1) is 0 Å². The molecule has 2 rings (SSSR count). The Morgan fingerprint density at radius 3 is 2.67 bits per heavy atom. The van der Waals surface area contributed by atoms with Crippen molar-refractivity contribution in [3.05, 3.63) is 72.1 Å². The zero-order valence-corrected chi connectivity index (χ0v) is 10.2. The minimum atomic E-state index is -0.0409. The Kier molecular flexibility index (Phi) is 3.86. The van der Waals surface area contributed by atoms with Gasteiger partial charge in [-0.3, -0.25) is 9.48 Å². The number of aryl methyl sites for hydroxylation is 1. The zero-order chi connectivity index (χ0) is 12.8. The molecule has 0 aliphatic carbocycles. The molecule has 0 fully saturated rings. The number of hydrogen-bond acceptors (Lipinski definition) is 2. The number of rotatable bonds is 4. The molecule has 2 aromatic rings. The second kappa shape index (κ2) is 5.77. The predicted octanol–water partition coefficient (Wildman–Crippen LogP) is 2.87. The molecule has 0 aliphatic rings. The Balaban J connectivity index is 1.96. The Bertz CT molecular complexity index is 580. The molecule has 18 heavy (non-hydrogen) atoms. The Morgan fingerprint density at radius 1 is 1.22 bits per heavy atom. The lowest BCUT2D eigenvalue weighted by Gasteiger charge is -1.89. The molecule has 1 aromatic carbocycles. The van der Waals surface area contributed by atoms with Crippen LogP contribution in [0.4, 0.5) is 0 Å². The highest BCUT2D eigenvalue weighted by molar-refractivity contribution is 6.04. The van der Waals surface area contributed by atoms with Gasteiger partial charge in [0.15, 0.2) is 5.78 Å². The van der Waals surface area contributed by atoms with E-state index in [1.54, 1.807) is 30.2 Å². The van der Waals surface area contributed by atoms with Gasteiger partial charge in [-0.05, 0) is 11.6 Å². The molecular weight excluding hydrogens is 224 g/mol. The second-order valence-electron chi connectivity index (χ2n) is 3.90. The Hall–Kier alpha value is -2.42. The first-order valence-corrected chi connectivity index (χ1v) is 5.68. The number of carbonyl (C=O) groups excluding carboxylic acids is 1. The van der Waals surface area contributed by atoms with Crippen LogP contribution in [-0.2, 0) is 7.05 Å². The summed E-state index contributed by atoms with van der Waals surface area (Å²) in [7, 11) is 1.79. The number of ketones is 1. The molecule has 0 atom stereocenters. The molecular formula is C15H14N2O. The molecule has 0 saturated heterocycles. The maximum absolute atomic E-state index is 11.7. The van der Waals surface area contributed by atoms with Crippen LogP contribution >= 0.6 is 0 Å². The Morgan fingerprint density at radius 2 is 2.00 bits per heavy atom. The van der Waals surface area contributed by atoms with Crippen LogP contribution in [0.1, 0.15) is 15.9 Å². The molecule has 1 aromatic heterocycles. The zero-order valence-electron chi connectivity index (χ0n) is 10.2. The molecule has 0 unspecified atom stereocenters. The van der Waals surface area contributed by atoms with E-state index in [0.717, 1.165) is 5.56 Å². The largest absolute Gasteiger partial charge is 0.289 e. The van der Waals surface area contributed by atoms with Crippen molar-refractivity contribution in [1.29, 1.82) is 0 Å². The van der Waals surface area contributed by atoms with E-state index in [9.17, 15) is 4.79 Å². The minimum absolute atomic E-state index is 0.0409. The lowest BCUT2D eigenvalue weighted by molar-refractivity contribution is 0.104. The van der Waals surface area contributed by atoms with Crippen molar-refractivity contribution in [2.24, 2.45) is 7.05 Å². The van der Waals surface area contributed by atoms with Crippen molar-refractivity contribution in [1.82, 2.24) is 9.78 Å². The van der Waals surface area contributed by atoms with E-state index in [2.05, 4.69) is 5.10 Å². The standard InChI is InChI=1S/C15H14N2O/c1-17-12-14(11-16-17)15(18)10-6-5-9-13-7-3-2-4-8-13/h2-12H,1H3/b9-5+,10-6+. The van der Waals surface area contributed by atoms with Crippen LogP contribution < -0.4 is 0 Å². The highest BCUT2D eigenvalue weighted by atomic mass is 16.1. The molecule has 0 spiro atoms. The summed E-state index contributed by atoms with van der Waals surface area (Å²) >= 11 is 0. The van der Waals surface area contributed by atoms with E-state index in [4.69, 9.17) is 0 Å². The number of allylic oxidation sites excluding steroid dienone is 3. The summed E-state index contributed by atoms with van der Waals surface area (Å²) < 4.78 is 1.61. The van der Waals surface area contributed by atoms with E-state index in [-0.39, 0.29) is 5.78 Å². The summed E-state index contributed by atoms with van der Waals surface area (Å²) in [5, 5.41) is 3.96. The van der Waals surface area contributed by atoms with Gasteiger partial charge in [-0.2, -0.15) is 5.10 Å². The van der Waals surface area contributed by atoms with Crippen LogP contribution in [0.2, 0.25) is 0 Å². The molecule has 3 heteroatoms. The van der Waals surface area contributed by atoms with Crippen LogP contribution in [-0.4, -0.2) is 15.6 Å². The number of aromatic nitrogens is 2. The average Bonchev–Trinajstić information content (AvgIpc) is 2.82. The van der Waals surface area contributed by atoms with Gasteiger partial charge in [0.1, 0.15) is 0 Å². The first-order chi connectivity index (χ1) is 8.75. The van der Waals surface area contributed by atoms with E-state index >= 15 is 0 Å². The smallest absolute Gasteiger partial charge is 0.188 e. The van der Waals surface area contributed by atoms with Crippen molar-refractivity contribution in [2.75, 3.05) is 0 Å². The fourth-order valence-corrected chi connectivity index (χ4v) is 1.52. The van der Waals surface area contributed by atoms with E-state index < -0.39 is 0 Å². The van der Waals surface area contributed by atoms with Gasteiger partial charge >= 0.3 is 0 Å². The number of carbonyl (C=O) groups is 1. The van der Waals surface area contributed by atoms with E-state index in [1.165, 1.54) is 6.08 Å². The summed E-state index contributed by atoms with van der Waals surface area (Å²) in [6.07, 6.45) is 10.3. The molecule has 0 saturated carbocycles. The molecule has 90 valence electrons. The van der Waals surface area contributed by atoms with Gasteiger partial charge in [-0.1, -0.05) is 48.6 Å². The van der Waals surface area contributed by atoms with Gasteiger partial charge in [0.25, 0.3) is 0 Å². The maximum Gasteiger partial charge on any atom is 0.188 e. The first kappa shape index (κ1) is 12.0. The minimum Gasteiger partial charge on any atom is -0.289 e. The van der Waals surface area contributed by atoms with Crippen LogP contribution in [0.5, 0.6) is 0 Å². The van der Waals surface area contributed by atoms with Crippen molar-refractivity contribution >= 4 is 11.9 Å². The average molecular weight is 238 g/mol. The summed E-state index contributed by atoms with van der Waals surface area (Å²) in [5.74, 6) is -0.0409. The van der Waals surface area contributed by atoms with E-state index in [0.29, 0.717) is 5.56 Å². The lowest BCUT2D eigenvalue weighted by atomic mass is 10.2. The monoisotopic (exact) mass is 238 g/mol. The quantitative estimate of drug-likeness (QED) is 0.466. The summed E-state index contributed by atoms with van der Waals surface area (Å²) in [6.45, 7) is 0. The normalized spacial score (nSPS) is 11.4. The molecule has 3 nitrogen and oxygen atoms in total. The van der Waals surface area contributed by atoms with Crippen molar-refractivity contribution in [2.45, 2.75) is 0 Å². The van der Waals surface area contributed by atoms with Crippen molar-refractivity contribution in [3.63, 3.8) is 0 Å². The third kappa shape index (κ3) is 3.28. The fourth-order valence-electron chi connectivity index (χ4n) is 1.52. The van der Waals surface area contributed by atoms with Gasteiger partial charge in [0.05, 0.1) is 11.8 Å². The molecule has 0 bridgehead atoms. The van der Waals surface area contributed by atoms with Crippen molar-refractivity contribution in [3.8, 4) is 0 Å². The predicted molar refractivity (Wildman–Crippen MR) is 72.2 cm³/mol. The number of nitrogens with zero attached hydrogens (tertiary/aromatic N) is 2. The third-order valence-corrected chi connectivity index (χ3v) is 2.44. The molecule has 0 radical (unpaired) electrons. The molecule has 0 amide bonds. The third-order valence-electron chi connectivity index (χ3n) is 2.44. The molecule has 1 heterocycles. The topological polar surface area (TPSA) is 34.9 Å². The van der Waals surface area contributed by atoms with Crippen LogP contribution in [0, 0.1) is 0 Å². The fraction of sp³-hybridized carbons (Fsp3) is 0.0667. The highest BCUT2D eigenvalue weighted by Gasteiger charge is 2.02. The molecule has 0 aliphatic heterocycles. The van der Waals surface area contributed by atoms with Gasteiger partial charge in [-0.25, -0.2) is 0 Å². The van der Waals surface area contributed by atoms with E-state index in [1.807, 2.05) is 42.5 Å². The highest BCUT2D eigenvalue weighted by Crippen LogP contribution is 2.02. The lowest BCUT2D eigenvalue weighted by Crippen LogP contribution is -1.91. The SMILES string of the molecule is Cn1cc(C(=O)/C=C/C=C/c2ccccc2)cn1. The number of hydrogen-bond donors (Lipinski definition) is 0. The summed E-state index contributed by atoms with van der Waals surface area (Å²) in [6, 6.07) is 9.94. The van der Waals surface area contributed by atoms with Crippen molar-refractivity contribution < 1.29 is 4.79 Å². The molecule has 0 N–H and O–H groups in total. The van der Waals surface area contributed by atoms with Crippen LogP contribution in [0.25, 0.3) is 6.08 Å². The summed E-state index contributed by atoms with van der Waals surface area (Å²) in [4.78, 5) is 11.7. The van der Waals surface area contributed by atoms with Crippen LogP contribution in [0.15, 0.2) is 61.0 Å². The second-order valence-corrected chi connectivity index (χ2v) is 3.90.